The first-order valence-corrected chi connectivity index (χ1v) is 10.9. The van der Waals surface area contributed by atoms with E-state index in [-0.39, 0.29) is 0 Å². The zero-order valence-electron chi connectivity index (χ0n) is 18.2. The fourth-order valence-electron chi connectivity index (χ4n) is 3.82. The van der Waals surface area contributed by atoms with Gasteiger partial charge in [0.2, 0.25) is 0 Å². The minimum absolute atomic E-state index is 0.373. The summed E-state index contributed by atoms with van der Waals surface area (Å²) in [7, 11) is 0. The molecule has 1 aliphatic rings. The SMILES string of the molecule is C=CCNc1cc(Nc2c(C)c(NC3CCCNC3)nc3ccnn23)ccc1OCC. The van der Waals surface area contributed by atoms with Gasteiger partial charge >= 0.3 is 0 Å². The van der Waals surface area contributed by atoms with E-state index in [9.17, 15) is 0 Å². The number of hydrogen-bond acceptors (Lipinski definition) is 7. The van der Waals surface area contributed by atoms with Crippen molar-refractivity contribution in [3.63, 3.8) is 0 Å². The number of nitrogens with one attached hydrogen (secondary N) is 4. The summed E-state index contributed by atoms with van der Waals surface area (Å²) in [6.45, 7) is 11.1. The molecule has 31 heavy (non-hydrogen) atoms. The van der Waals surface area contributed by atoms with Crippen molar-refractivity contribution >= 4 is 28.7 Å². The molecule has 0 spiro atoms. The van der Waals surface area contributed by atoms with Gasteiger partial charge in [-0.3, -0.25) is 0 Å². The van der Waals surface area contributed by atoms with Gasteiger partial charge in [-0.2, -0.15) is 9.61 Å². The summed E-state index contributed by atoms with van der Waals surface area (Å²) in [6, 6.07) is 8.32. The van der Waals surface area contributed by atoms with Gasteiger partial charge in [0.05, 0.1) is 18.5 Å². The van der Waals surface area contributed by atoms with Gasteiger partial charge in [-0.15, -0.1) is 6.58 Å². The second-order valence-corrected chi connectivity index (χ2v) is 7.66. The third-order valence-corrected chi connectivity index (χ3v) is 5.39. The van der Waals surface area contributed by atoms with Crippen LogP contribution < -0.4 is 26.0 Å². The van der Waals surface area contributed by atoms with E-state index in [2.05, 4.69) is 39.9 Å². The van der Waals surface area contributed by atoms with Crippen LogP contribution in [0.2, 0.25) is 0 Å². The Morgan fingerprint density at radius 1 is 1.35 bits per heavy atom. The number of benzene rings is 1. The van der Waals surface area contributed by atoms with E-state index in [0.29, 0.717) is 19.2 Å². The molecule has 0 amide bonds. The number of piperidine rings is 1. The highest BCUT2D eigenvalue weighted by atomic mass is 16.5. The molecule has 1 aromatic carbocycles. The van der Waals surface area contributed by atoms with Gasteiger partial charge in [0.25, 0.3) is 0 Å². The van der Waals surface area contributed by atoms with Crippen LogP contribution in [-0.4, -0.2) is 46.9 Å². The molecule has 4 rings (SSSR count). The standard InChI is InChI=1S/C23H31N7O/c1-4-11-25-19-14-17(8-9-20(19)31-5-2)28-23-16(3)22(27-18-7-6-12-24-15-18)29-21-10-13-26-30(21)23/h4,8-10,13-14,18,24-25,28H,1,5-7,11-12,15H2,2-3H3,(H,27,29). The molecule has 0 bridgehead atoms. The van der Waals surface area contributed by atoms with Crippen LogP contribution in [0.5, 0.6) is 5.75 Å². The molecular formula is C23H31N7O. The molecule has 3 heterocycles. The summed E-state index contributed by atoms with van der Waals surface area (Å²) >= 11 is 0. The zero-order chi connectivity index (χ0) is 21.6. The molecule has 1 saturated heterocycles. The number of ether oxygens (including phenoxy) is 1. The Bertz CT molecular complexity index is 1040. The van der Waals surface area contributed by atoms with Gasteiger partial charge < -0.3 is 26.0 Å². The van der Waals surface area contributed by atoms with Crippen LogP contribution in [0.25, 0.3) is 5.65 Å². The Kier molecular flexibility index (Phi) is 6.57. The predicted molar refractivity (Wildman–Crippen MR) is 127 cm³/mol. The topological polar surface area (TPSA) is 87.5 Å². The monoisotopic (exact) mass is 421 g/mol. The van der Waals surface area contributed by atoms with Crippen LogP contribution in [0.1, 0.15) is 25.3 Å². The second-order valence-electron chi connectivity index (χ2n) is 7.66. The molecule has 4 N–H and O–H groups in total. The quantitative estimate of drug-likeness (QED) is 0.389. The highest BCUT2D eigenvalue weighted by Crippen LogP contribution is 2.32. The van der Waals surface area contributed by atoms with Gasteiger partial charge in [0, 0.05) is 36.4 Å². The van der Waals surface area contributed by atoms with Gasteiger partial charge in [-0.1, -0.05) is 6.08 Å². The van der Waals surface area contributed by atoms with Gasteiger partial charge in [-0.25, -0.2) is 4.98 Å². The summed E-state index contributed by atoms with van der Waals surface area (Å²) in [5.74, 6) is 2.60. The minimum atomic E-state index is 0.373. The van der Waals surface area contributed by atoms with Crippen molar-refractivity contribution in [2.24, 2.45) is 0 Å². The maximum absolute atomic E-state index is 5.76. The molecule has 164 valence electrons. The normalized spacial score (nSPS) is 16.1. The second kappa shape index (κ2) is 9.70. The third-order valence-electron chi connectivity index (χ3n) is 5.39. The predicted octanol–water partition coefficient (Wildman–Crippen LogP) is 3.94. The summed E-state index contributed by atoms with van der Waals surface area (Å²) < 4.78 is 7.60. The number of fused-ring (bicyclic) bond motifs is 1. The molecule has 2 aromatic heterocycles. The first-order chi connectivity index (χ1) is 15.2. The molecule has 0 radical (unpaired) electrons. The Morgan fingerprint density at radius 3 is 3.03 bits per heavy atom. The molecule has 1 atom stereocenters. The summed E-state index contributed by atoms with van der Waals surface area (Å²) in [5.41, 5.74) is 3.68. The molecule has 0 saturated carbocycles. The average molecular weight is 422 g/mol. The lowest BCUT2D eigenvalue weighted by atomic mass is 10.1. The van der Waals surface area contributed by atoms with Crippen LogP contribution in [0.4, 0.5) is 23.0 Å². The van der Waals surface area contributed by atoms with Crippen LogP contribution in [-0.2, 0) is 0 Å². The van der Waals surface area contributed by atoms with Crippen molar-refractivity contribution in [1.29, 1.82) is 0 Å². The minimum Gasteiger partial charge on any atom is -0.492 e. The maximum Gasteiger partial charge on any atom is 0.159 e. The van der Waals surface area contributed by atoms with E-state index in [0.717, 1.165) is 59.5 Å². The number of nitrogens with zero attached hydrogens (tertiary/aromatic N) is 3. The molecule has 8 heteroatoms. The highest BCUT2D eigenvalue weighted by Gasteiger charge is 2.18. The van der Waals surface area contributed by atoms with Crippen LogP contribution in [0.15, 0.2) is 43.1 Å². The van der Waals surface area contributed by atoms with Gasteiger partial charge in [-0.05, 0) is 51.4 Å². The lowest BCUT2D eigenvalue weighted by Crippen LogP contribution is -2.38. The molecule has 0 aliphatic carbocycles. The van der Waals surface area contributed by atoms with Crippen molar-refractivity contribution < 1.29 is 4.74 Å². The number of anilines is 4. The van der Waals surface area contributed by atoms with Crippen molar-refractivity contribution in [1.82, 2.24) is 19.9 Å². The number of aromatic nitrogens is 3. The van der Waals surface area contributed by atoms with E-state index < -0.39 is 0 Å². The molecule has 3 aromatic rings. The summed E-state index contributed by atoms with van der Waals surface area (Å²) in [4.78, 5) is 4.81. The van der Waals surface area contributed by atoms with E-state index >= 15 is 0 Å². The summed E-state index contributed by atoms with van der Waals surface area (Å²) in [5, 5.41) is 18.5. The zero-order valence-corrected chi connectivity index (χ0v) is 18.2. The first-order valence-electron chi connectivity index (χ1n) is 10.9. The van der Waals surface area contributed by atoms with E-state index in [1.807, 2.05) is 41.8 Å². The van der Waals surface area contributed by atoms with Crippen molar-refractivity contribution in [3.05, 3.63) is 48.7 Å². The number of hydrogen-bond donors (Lipinski definition) is 4. The Balaban J connectivity index is 1.66. The molecule has 1 unspecified atom stereocenters. The van der Waals surface area contributed by atoms with Crippen LogP contribution >= 0.6 is 0 Å². The van der Waals surface area contributed by atoms with E-state index in [4.69, 9.17) is 9.72 Å². The van der Waals surface area contributed by atoms with Gasteiger partial charge in [0.1, 0.15) is 17.4 Å². The van der Waals surface area contributed by atoms with Crippen LogP contribution in [0.3, 0.4) is 0 Å². The highest BCUT2D eigenvalue weighted by molar-refractivity contribution is 5.73. The average Bonchev–Trinajstić information content (AvgIpc) is 3.25. The van der Waals surface area contributed by atoms with Crippen molar-refractivity contribution in [2.45, 2.75) is 32.7 Å². The fraction of sp³-hybridized carbons (Fsp3) is 0.391. The Labute approximate surface area is 183 Å². The molecular weight excluding hydrogens is 390 g/mol. The Morgan fingerprint density at radius 2 is 2.26 bits per heavy atom. The maximum atomic E-state index is 5.76. The summed E-state index contributed by atoms with van der Waals surface area (Å²) in [6.07, 6.45) is 5.91. The number of rotatable bonds is 9. The van der Waals surface area contributed by atoms with Crippen molar-refractivity contribution in [2.75, 3.05) is 42.2 Å². The molecule has 1 fully saturated rings. The first kappa shape index (κ1) is 21.0. The Hall–Kier alpha value is -3.26. The fourth-order valence-corrected chi connectivity index (χ4v) is 3.82. The van der Waals surface area contributed by atoms with Crippen molar-refractivity contribution in [3.8, 4) is 5.75 Å². The molecule has 1 aliphatic heterocycles. The smallest absolute Gasteiger partial charge is 0.159 e. The lowest BCUT2D eigenvalue weighted by molar-refractivity contribution is 0.342. The largest absolute Gasteiger partial charge is 0.492 e. The molecule has 8 nitrogen and oxygen atoms in total. The van der Waals surface area contributed by atoms with E-state index in [1.54, 1.807) is 6.20 Å². The van der Waals surface area contributed by atoms with Crippen LogP contribution in [0, 0.1) is 6.92 Å². The lowest BCUT2D eigenvalue weighted by Gasteiger charge is -2.25. The van der Waals surface area contributed by atoms with E-state index in [1.165, 1.54) is 6.42 Å². The third kappa shape index (κ3) is 4.74. The van der Waals surface area contributed by atoms with Gasteiger partial charge in [0.15, 0.2) is 5.65 Å².